The largest absolute Gasteiger partial charge is 0.295 e. The molecule has 3 rings (SSSR count). The Morgan fingerprint density at radius 1 is 1.13 bits per heavy atom. The maximum Gasteiger partial charge on any atom is 0.0705 e. The minimum absolute atomic E-state index is 0.994. The number of benzene rings is 1. The fourth-order valence-electron chi connectivity index (χ4n) is 2.81. The van der Waals surface area contributed by atoms with Crippen molar-refractivity contribution in [1.29, 1.82) is 0 Å². The van der Waals surface area contributed by atoms with Crippen molar-refractivity contribution in [2.45, 2.75) is 20.4 Å². The lowest BCUT2D eigenvalue weighted by Crippen LogP contribution is -2.43. The Bertz CT molecular complexity index is 687. The molecule has 1 aliphatic rings. The second kappa shape index (κ2) is 7.60. The monoisotopic (exact) mass is 391 g/mol. The van der Waals surface area contributed by atoms with Gasteiger partial charge in [0.15, 0.2) is 0 Å². The number of thiophene rings is 1. The maximum atomic E-state index is 4.61. The number of hydrogen-bond acceptors (Lipinski definition) is 4. The Morgan fingerprint density at radius 3 is 2.57 bits per heavy atom. The first-order valence-corrected chi connectivity index (χ1v) is 9.54. The Kier molecular flexibility index (Phi) is 5.51. The first-order chi connectivity index (χ1) is 11.1. The summed E-state index contributed by atoms with van der Waals surface area (Å²) in [6, 6.07) is 10.9. The first-order valence-electron chi connectivity index (χ1n) is 7.93. The highest BCUT2D eigenvalue weighted by molar-refractivity contribution is 9.11. The summed E-state index contributed by atoms with van der Waals surface area (Å²) in [4.78, 5) is 3.71. The molecule has 0 unspecified atom stereocenters. The quantitative estimate of drug-likeness (QED) is 0.724. The molecule has 1 aliphatic heterocycles. The summed E-state index contributed by atoms with van der Waals surface area (Å²) >= 11 is 5.20. The van der Waals surface area contributed by atoms with Crippen LogP contribution in [0.2, 0.25) is 0 Å². The van der Waals surface area contributed by atoms with Gasteiger partial charge in [-0.1, -0.05) is 23.8 Å². The van der Waals surface area contributed by atoms with Gasteiger partial charge in [0.1, 0.15) is 0 Å². The van der Waals surface area contributed by atoms with Crippen LogP contribution >= 0.6 is 27.3 Å². The van der Waals surface area contributed by atoms with E-state index in [1.165, 1.54) is 21.6 Å². The van der Waals surface area contributed by atoms with E-state index in [4.69, 9.17) is 0 Å². The van der Waals surface area contributed by atoms with Crippen molar-refractivity contribution in [1.82, 2.24) is 9.91 Å². The third-order valence-corrected chi connectivity index (χ3v) is 5.74. The van der Waals surface area contributed by atoms with Crippen molar-refractivity contribution in [2.24, 2.45) is 5.10 Å². The van der Waals surface area contributed by atoms with Crippen LogP contribution in [0.25, 0.3) is 0 Å². The van der Waals surface area contributed by atoms with Crippen LogP contribution in [-0.2, 0) is 6.54 Å². The second-order valence-corrected chi connectivity index (χ2v) is 8.54. The number of aryl methyl sites for hydroxylation is 2. The van der Waals surface area contributed by atoms with Crippen LogP contribution < -0.4 is 0 Å². The molecule has 0 saturated carbocycles. The van der Waals surface area contributed by atoms with Crippen LogP contribution in [0.15, 0.2) is 39.2 Å². The predicted octanol–water partition coefficient (Wildman–Crippen LogP) is 4.28. The summed E-state index contributed by atoms with van der Waals surface area (Å²) in [7, 11) is 0. The standard InChI is InChI=1S/C18H22BrN3S/c1-14-3-4-16(15(2)11-14)13-21-7-9-22(10-8-21)20-12-17-5-6-18(19)23-17/h3-6,11-12H,7-10,13H2,1-2H3/b20-12-. The van der Waals surface area contributed by atoms with E-state index < -0.39 is 0 Å². The van der Waals surface area contributed by atoms with Crippen molar-refractivity contribution >= 4 is 33.5 Å². The third-order valence-electron chi connectivity index (χ3n) is 4.18. The molecule has 1 aromatic heterocycles. The van der Waals surface area contributed by atoms with Gasteiger partial charge in [-0.05, 0) is 53.0 Å². The van der Waals surface area contributed by atoms with E-state index in [0.29, 0.717) is 0 Å². The molecule has 0 amide bonds. The molecule has 122 valence electrons. The van der Waals surface area contributed by atoms with Crippen LogP contribution in [-0.4, -0.2) is 42.3 Å². The van der Waals surface area contributed by atoms with E-state index in [1.807, 2.05) is 6.21 Å². The number of hydrazone groups is 1. The third kappa shape index (κ3) is 4.66. The van der Waals surface area contributed by atoms with Crippen LogP contribution in [0.4, 0.5) is 0 Å². The summed E-state index contributed by atoms with van der Waals surface area (Å²) in [6.07, 6.45) is 1.97. The summed E-state index contributed by atoms with van der Waals surface area (Å²) in [5, 5.41) is 6.78. The molecule has 1 saturated heterocycles. The zero-order valence-corrected chi connectivity index (χ0v) is 16.0. The van der Waals surface area contributed by atoms with Crippen molar-refractivity contribution in [2.75, 3.05) is 26.2 Å². The van der Waals surface area contributed by atoms with Crippen LogP contribution in [0.1, 0.15) is 21.6 Å². The average molecular weight is 392 g/mol. The van der Waals surface area contributed by atoms with E-state index >= 15 is 0 Å². The van der Waals surface area contributed by atoms with E-state index in [2.05, 4.69) is 75.1 Å². The van der Waals surface area contributed by atoms with Gasteiger partial charge in [-0.15, -0.1) is 11.3 Å². The smallest absolute Gasteiger partial charge is 0.0705 e. The highest BCUT2D eigenvalue weighted by Gasteiger charge is 2.16. The van der Waals surface area contributed by atoms with Crippen LogP contribution in [0, 0.1) is 13.8 Å². The number of rotatable bonds is 4. The molecule has 1 fully saturated rings. The van der Waals surface area contributed by atoms with E-state index in [0.717, 1.165) is 36.5 Å². The molecule has 0 radical (unpaired) electrons. The summed E-state index contributed by atoms with van der Waals surface area (Å²) in [5.41, 5.74) is 4.18. The van der Waals surface area contributed by atoms with Gasteiger partial charge in [-0.2, -0.15) is 5.10 Å². The van der Waals surface area contributed by atoms with Gasteiger partial charge >= 0.3 is 0 Å². The van der Waals surface area contributed by atoms with Crippen molar-refractivity contribution in [3.05, 3.63) is 55.7 Å². The average Bonchev–Trinajstić information content (AvgIpc) is 2.95. The van der Waals surface area contributed by atoms with E-state index in [-0.39, 0.29) is 0 Å². The van der Waals surface area contributed by atoms with E-state index in [1.54, 1.807) is 11.3 Å². The zero-order chi connectivity index (χ0) is 16.2. The highest BCUT2D eigenvalue weighted by atomic mass is 79.9. The Balaban J connectivity index is 1.51. The minimum atomic E-state index is 0.994. The lowest BCUT2D eigenvalue weighted by atomic mass is 10.1. The number of nitrogens with zero attached hydrogens (tertiary/aromatic N) is 3. The molecule has 0 bridgehead atoms. The minimum Gasteiger partial charge on any atom is -0.295 e. The van der Waals surface area contributed by atoms with Crippen molar-refractivity contribution in [3.63, 3.8) is 0 Å². The predicted molar refractivity (Wildman–Crippen MR) is 102 cm³/mol. The molecule has 1 aromatic carbocycles. The Labute approximate surface area is 150 Å². The van der Waals surface area contributed by atoms with E-state index in [9.17, 15) is 0 Å². The number of piperazine rings is 1. The van der Waals surface area contributed by atoms with Gasteiger partial charge in [0.2, 0.25) is 0 Å². The lowest BCUT2D eigenvalue weighted by molar-refractivity contribution is 0.131. The SMILES string of the molecule is Cc1ccc(CN2CCN(/N=C\c3ccc(Br)s3)CC2)c(C)c1. The van der Waals surface area contributed by atoms with Crippen molar-refractivity contribution in [3.8, 4) is 0 Å². The van der Waals surface area contributed by atoms with Gasteiger partial charge in [-0.3, -0.25) is 9.91 Å². The fourth-order valence-corrected chi connectivity index (χ4v) is 4.10. The highest BCUT2D eigenvalue weighted by Crippen LogP contribution is 2.20. The van der Waals surface area contributed by atoms with Gasteiger partial charge < -0.3 is 0 Å². The maximum absolute atomic E-state index is 4.61. The molecule has 0 atom stereocenters. The van der Waals surface area contributed by atoms with Crippen molar-refractivity contribution < 1.29 is 0 Å². The molecule has 0 spiro atoms. The molecule has 2 heterocycles. The first kappa shape index (κ1) is 16.7. The topological polar surface area (TPSA) is 18.8 Å². The number of hydrogen-bond donors (Lipinski definition) is 0. The van der Waals surface area contributed by atoms with Crippen LogP contribution in [0.3, 0.4) is 0 Å². The second-order valence-electron chi connectivity index (χ2n) is 6.05. The Morgan fingerprint density at radius 2 is 1.91 bits per heavy atom. The molecule has 0 aliphatic carbocycles. The van der Waals surface area contributed by atoms with Gasteiger partial charge in [0, 0.05) is 37.6 Å². The molecular weight excluding hydrogens is 370 g/mol. The van der Waals surface area contributed by atoms with Gasteiger partial charge in [-0.25, -0.2) is 0 Å². The molecule has 5 heteroatoms. The molecular formula is C18H22BrN3S. The summed E-state index contributed by atoms with van der Waals surface area (Å²) in [6.45, 7) is 9.53. The zero-order valence-electron chi connectivity index (χ0n) is 13.6. The fraction of sp³-hybridized carbons (Fsp3) is 0.389. The normalized spacial score (nSPS) is 16.4. The Hall–Kier alpha value is -1.17. The van der Waals surface area contributed by atoms with Gasteiger partial charge in [0.05, 0.1) is 10.0 Å². The van der Waals surface area contributed by atoms with Gasteiger partial charge in [0.25, 0.3) is 0 Å². The summed E-state index contributed by atoms with van der Waals surface area (Å²) in [5.74, 6) is 0. The lowest BCUT2D eigenvalue weighted by Gasteiger charge is -2.33. The van der Waals surface area contributed by atoms with Crippen LogP contribution in [0.5, 0.6) is 0 Å². The molecule has 23 heavy (non-hydrogen) atoms. The number of halogens is 1. The molecule has 0 N–H and O–H groups in total. The molecule has 3 nitrogen and oxygen atoms in total. The summed E-state index contributed by atoms with van der Waals surface area (Å²) < 4.78 is 1.15. The molecule has 2 aromatic rings.